The van der Waals surface area contributed by atoms with Crippen molar-refractivity contribution in [1.82, 2.24) is 0 Å². The second kappa shape index (κ2) is 5.96. The molecule has 6 heteroatoms. The average Bonchev–Trinajstić information content (AvgIpc) is 2.47. The first kappa shape index (κ1) is 14.4. The number of benzene rings is 2. The molecule has 0 unspecified atom stereocenters. The zero-order valence-electron chi connectivity index (χ0n) is 11.4. The maximum atomic E-state index is 12.3. The van der Waals surface area contributed by atoms with Crippen molar-refractivity contribution in [2.75, 3.05) is 18.2 Å². The van der Waals surface area contributed by atoms with Gasteiger partial charge in [-0.15, -0.1) is 0 Å². The monoisotopic (exact) mass is 285 g/mol. The number of rotatable bonds is 4. The van der Waals surface area contributed by atoms with Crippen LogP contribution in [0.2, 0.25) is 0 Å². The van der Waals surface area contributed by atoms with Crippen molar-refractivity contribution in [2.45, 2.75) is 0 Å². The number of ether oxygens (including phenoxy) is 1. The van der Waals surface area contributed by atoms with Crippen LogP contribution in [0.1, 0.15) is 20.7 Å². The van der Waals surface area contributed by atoms with E-state index in [1.54, 1.807) is 36.4 Å². The lowest BCUT2D eigenvalue weighted by molar-refractivity contribution is 0.0995. The molecular weight excluding hydrogens is 270 g/mol. The van der Waals surface area contributed by atoms with Crippen LogP contribution in [0.3, 0.4) is 0 Å². The van der Waals surface area contributed by atoms with Gasteiger partial charge >= 0.3 is 0 Å². The highest BCUT2D eigenvalue weighted by atomic mass is 16.5. The zero-order valence-corrected chi connectivity index (χ0v) is 11.4. The Morgan fingerprint density at radius 1 is 1.14 bits per heavy atom. The van der Waals surface area contributed by atoms with Crippen molar-refractivity contribution in [3.8, 4) is 5.75 Å². The Morgan fingerprint density at radius 2 is 1.86 bits per heavy atom. The maximum absolute atomic E-state index is 12.3. The van der Waals surface area contributed by atoms with E-state index in [1.165, 1.54) is 13.2 Å². The third-order valence-corrected chi connectivity index (χ3v) is 2.90. The van der Waals surface area contributed by atoms with Crippen LogP contribution in [0.4, 0.5) is 11.4 Å². The predicted molar refractivity (Wildman–Crippen MR) is 80.3 cm³/mol. The molecule has 0 aliphatic carbocycles. The van der Waals surface area contributed by atoms with E-state index >= 15 is 0 Å². The maximum Gasteiger partial charge on any atom is 0.259 e. The molecule has 21 heavy (non-hydrogen) atoms. The molecule has 0 radical (unpaired) electrons. The summed E-state index contributed by atoms with van der Waals surface area (Å²) >= 11 is 0. The fourth-order valence-corrected chi connectivity index (χ4v) is 1.91. The number of carbonyl (C=O) groups is 2. The zero-order chi connectivity index (χ0) is 15.4. The third-order valence-electron chi connectivity index (χ3n) is 2.90. The van der Waals surface area contributed by atoms with Gasteiger partial charge in [0.05, 0.1) is 18.4 Å². The summed E-state index contributed by atoms with van der Waals surface area (Å²) in [6.45, 7) is 0. The second-order valence-corrected chi connectivity index (χ2v) is 4.33. The number of amides is 2. The SMILES string of the molecule is COc1c(N)cccc1C(=O)Nc1cccc(C(N)=O)c1. The Bertz CT molecular complexity index is 698. The lowest BCUT2D eigenvalue weighted by Crippen LogP contribution is -2.15. The Balaban J connectivity index is 2.28. The van der Waals surface area contributed by atoms with Gasteiger partial charge in [-0.3, -0.25) is 9.59 Å². The number of primary amides is 1. The number of hydrogen-bond donors (Lipinski definition) is 3. The Hall–Kier alpha value is -3.02. The minimum atomic E-state index is -0.562. The van der Waals surface area contributed by atoms with Gasteiger partial charge in [-0.1, -0.05) is 12.1 Å². The van der Waals surface area contributed by atoms with Crippen LogP contribution >= 0.6 is 0 Å². The van der Waals surface area contributed by atoms with Gasteiger partial charge in [-0.2, -0.15) is 0 Å². The normalized spacial score (nSPS) is 9.95. The number of methoxy groups -OCH3 is 1. The number of hydrogen-bond acceptors (Lipinski definition) is 4. The number of nitrogen functional groups attached to an aromatic ring is 1. The van der Waals surface area contributed by atoms with Gasteiger partial charge in [-0.05, 0) is 30.3 Å². The molecule has 0 bridgehead atoms. The van der Waals surface area contributed by atoms with E-state index in [2.05, 4.69) is 5.32 Å². The summed E-state index contributed by atoms with van der Waals surface area (Å²) in [6, 6.07) is 11.3. The molecule has 0 heterocycles. The minimum Gasteiger partial charge on any atom is -0.494 e. The fraction of sp³-hybridized carbons (Fsp3) is 0.0667. The van der Waals surface area contributed by atoms with Crippen molar-refractivity contribution in [3.05, 3.63) is 53.6 Å². The van der Waals surface area contributed by atoms with Crippen molar-refractivity contribution in [1.29, 1.82) is 0 Å². The summed E-state index contributed by atoms with van der Waals surface area (Å²) in [5.74, 6) is -0.644. The van der Waals surface area contributed by atoms with Gasteiger partial charge in [0, 0.05) is 11.3 Å². The molecule has 6 nitrogen and oxygen atoms in total. The largest absolute Gasteiger partial charge is 0.494 e. The Labute approximate surface area is 121 Å². The molecule has 0 saturated heterocycles. The summed E-state index contributed by atoms with van der Waals surface area (Å²) in [5.41, 5.74) is 12.4. The molecule has 2 aromatic carbocycles. The molecule has 2 aromatic rings. The van der Waals surface area contributed by atoms with Crippen LogP contribution in [-0.4, -0.2) is 18.9 Å². The topological polar surface area (TPSA) is 107 Å². The number of nitrogens with one attached hydrogen (secondary N) is 1. The quantitative estimate of drug-likeness (QED) is 0.742. The Kier molecular flexibility index (Phi) is 4.08. The molecule has 2 amide bonds. The molecule has 5 N–H and O–H groups in total. The smallest absolute Gasteiger partial charge is 0.259 e. The second-order valence-electron chi connectivity index (χ2n) is 4.33. The van der Waals surface area contributed by atoms with Crippen molar-refractivity contribution >= 4 is 23.2 Å². The van der Waals surface area contributed by atoms with Gasteiger partial charge in [0.25, 0.3) is 5.91 Å². The first-order valence-electron chi connectivity index (χ1n) is 6.16. The van der Waals surface area contributed by atoms with Crippen LogP contribution < -0.4 is 21.5 Å². The van der Waals surface area contributed by atoms with Crippen molar-refractivity contribution < 1.29 is 14.3 Å². The molecule has 108 valence electrons. The van der Waals surface area contributed by atoms with E-state index in [-0.39, 0.29) is 5.91 Å². The molecule has 2 rings (SSSR count). The molecule has 0 atom stereocenters. The van der Waals surface area contributed by atoms with E-state index in [0.717, 1.165) is 0 Å². The average molecular weight is 285 g/mol. The lowest BCUT2D eigenvalue weighted by atomic mass is 10.1. The highest BCUT2D eigenvalue weighted by Crippen LogP contribution is 2.26. The summed E-state index contributed by atoms with van der Waals surface area (Å²) in [6.07, 6.45) is 0. The molecule has 0 spiro atoms. The van der Waals surface area contributed by atoms with Crippen LogP contribution in [0, 0.1) is 0 Å². The fourth-order valence-electron chi connectivity index (χ4n) is 1.91. The highest BCUT2D eigenvalue weighted by Gasteiger charge is 2.14. The van der Waals surface area contributed by atoms with Crippen LogP contribution in [-0.2, 0) is 0 Å². The minimum absolute atomic E-state index is 0.307. The number of anilines is 2. The molecule has 0 saturated carbocycles. The van der Waals surface area contributed by atoms with Gasteiger partial charge < -0.3 is 21.5 Å². The van der Waals surface area contributed by atoms with Crippen LogP contribution in [0.5, 0.6) is 5.75 Å². The van der Waals surface area contributed by atoms with Gasteiger partial charge in [0.15, 0.2) is 5.75 Å². The van der Waals surface area contributed by atoms with Gasteiger partial charge in [-0.25, -0.2) is 0 Å². The molecule has 0 aromatic heterocycles. The van der Waals surface area contributed by atoms with E-state index in [1.807, 2.05) is 0 Å². The van der Waals surface area contributed by atoms with Crippen molar-refractivity contribution in [3.63, 3.8) is 0 Å². The highest BCUT2D eigenvalue weighted by molar-refractivity contribution is 6.07. The van der Waals surface area contributed by atoms with Crippen molar-refractivity contribution in [2.24, 2.45) is 5.73 Å². The summed E-state index contributed by atoms with van der Waals surface area (Å²) < 4.78 is 5.14. The molecule has 0 aliphatic heterocycles. The number of nitrogens with two attached hydrogens (primary N) is 2. The molecule has 0 fully saturated rings. The number of para-hydroxylation sites is 1. The lowest BCUT2D eigenvalue weighted by Gasteiger charge is -2.11. The summed E-state index contributed by atoms with van der Waals surface area (Å²) in [4.78, 5) is 23.4. The van der Waals surface area contributed by atoms with Crippen LogP contribution in [0.15, 0.2) is 42.5 Å². The summed E-state index contributed by atoms with van der Waals surface area (Å²) in [7, 11) is 1.44. The molecule has 0 aliphatic rings. The summed E-state index contributed by atoms with van der Waals surface area (Å²) in [5, 5.41) is 2.67. The number of carbonyl (C=O) groups excluding carboxylic acids is 2. The van der Waals surface area contributed by atoms with Gasteiger partial charge in [0.2, 0.25) is 5.91 Å². The van der Waals surface area contributed by atoms with E-state index in [0.29, 0.717) is 28.3 Å². The molecular formula is C15H15N3O3. The van der Waals surface area contributed by atoms with Gasteiger partial charge in [0.1, 0.15) is 0 Å². The van der Waals surface area contributed by atoms with Crippen LogP contribution in [0.25, 0.3) is 0 Å². The van der Waals surface area contributed by atoms with E-state index in [9.17, 15) is 9.59 Å². The Morgan fingerprint density at radius 3 is 2.52 bits per heavy atom. The first-order chi connectivity index (χ1) is 10.0. The third kappa shape index (κ3) is 3.11. The standard InChI is InChI=1S/C15H15N3O3/c1-21-13-11(6-3-7-12(13)16)15(20)18-10-5-2-4-9(8-10)14(17)19/h2-8H,16H2,1H3,(H2,17,19)(H,18,20). The van der Waals surface area contributed by atoms with E-state index < -0.39 is 5.91 Å². The predicted octanol–water partition coefficient (Wildman–Crippen LogP) is 1.63. The first-order valence-corrected chi connectivity index (χ1v) is 6.16. The van der Waals surface area contributed by atoms with E-state index in [4.69, 9.17) is 16.2 Å².